The average molecular weight is 383 g/mol. The molecule has 1 aliphatic heterocycles. The lowest BCUT2D eigenvalue weighted by Gasteiger charge is -2.21. The van der Waals surface area contributed by atoms with Crippen LogP contribution in [0.4, 0.5) is 0 Å². The fourth-order valence-corrected chi connectivity index (χ4v) is 3.84. The molecule has 6 nitrogen and oxygen atoms in total. The average Bonchev–Trinajstić information content (AvgIpc) is 3.36. The second-order valence-electron chi connectivity index (χ2n) is 7.28. The number of imidazole rings is 1. The number of hydrogen-bond acceptors (Lipinski definition) is 3. The summed E-state index contributed by atoms with van der Waals surface area (Å²) in [6.07, 6.45) is 7.36. The summed E-state index contributed by atoms with van der Waals surface area (Å²) in [5.74, 6) is 2.01. The molecule has 2 aromatic rings. The van der Waals surface area contributed by atoms with Crippen LogP contribution in [0.25, 0.3) is 0 Å². The Balaban J connectivity index is 1.51. The van der Waals surface area contributed by atoms with Gasteiger partial charge in [-0.1, -0.05) is 37.3 Å². The highest BCUT2D eigenvalue weighted by atomic mass is 15.2. The molecule has 1 aliphatic rings. The lowest BCUT2D eigenvalue weighted by Crippen LogP contribution is -2.40. The van der Waals surface area contributed by atoms with E-state index in [1.165, 1.54) is 24.9 Å². The van der Waals surface area contributed by atoms with Gasteiger partial charge in [0, 0.05) is 44.5 Å². The Hall–Kier alpha value is -2.34. The molecule has 3 rings (SSSR count). The molecule has 28 heavy (non-hydrogen) atoms. The molecule has 0 aliphatic carbocycles. The summed E-state index contributed by atoms with van der Waals surface area (Å²) < 4.78 is 2.22. The number of likely N-dealkylation sites (N-methyl/N-ethyl adjacent to an activating group) is 1. The number of nitrogens with zero attached hydrogens (tertiary/aromatic N) is 4. The van der Waals surface area contributed by atoms with Gasteiger partial charge in [0.1, 0.15) is 5.82 Å². The van der Waals surface area contributed by atoms with Crippen molar-refractivity contribution in [2.24, 2.45) is 4.99 Å². The van der Waals surface area contributed by atoms with Gasteiger partial charge in [0.15, 0.2) is 5.96 Å². The van der Waals surface area contributed by atoms with Gasteiger partial charge in [-0.3, -0.25) is 9.89 Å². The minimum absolute atomic E-state index is 0.588. The second-order valence-corrected chi connectivity index (χ2v) is 7.28. The minimum atomic E-state index is 0.588. The van der Waals surface area contributed by atoms with E-state index in [0.717, 1.165) is 50.9 Å². The number of aromatic nitrogens is 2. The third kappa shape index (κ3) is 5.83. The van der Waals surface area contributed by atoms with Crippen LogP contribution in [0.2, 0.25) is 0 Å². The monoisotopic (exact) mass is 382 g/mol. The van der Waals surface area contributed by atoms with Crippen molar-refractivity contribution >= 4 is 5.96 Å². The lowest BCUT2D eigenvalue weighted by molar-refractivity contribution is 0.273. The second kappa shape index (κ2) is 10.9. The highest BCUT2D eigenvalue weighted by Gasteiger charge is 2.22. The van der Waals surface area contributed by atoms with Crippen molar-refractivity contribution in [2.45, 2.75) is 45.7 Å². The summed E-state index contributed by atoms with van der Waals surface area (Å²) in [5, 5.41) is 6.84. The van der Waals surface area contributed by atoms with E-state index in [2.05, 4.69) is 75.5 Å². The van der Waals surface area contributed by atoms with E-state index in [4.69, 9.17) is 4.99 Å². The highest BCUT2D eigenvalue weighted by Crippen LogP contribution is 2.16. The Morgan fingerprint density at radius 2 is 2.07 bits per heavy atom. The van der Waals surface area contributed by atoms with Gasteiger partial charge in [-0.15, -0.1) is 0 Å². The van der Waals surface area contributed by atoms with Crippen molar-refractivity contribution in [1.29, 1.82) is 0 Å². The first-order valence-electron chi connectivity index (χ1n) is 10.6. The van der Waals surface area contributed by atoms with E-state index in [9.17, 15) is 0 Å². The SMILES string of the molecule is CCNC(=NCC1CCCN1CC)NCCc1nccn1Cc1ccccc1. The largest absolute Gasteiger partial charge is 0.357 e. The maximum absolute atomic E-state index is 4.83. The zero-order valence-corrected chi connectivity index (χ0v) is 17.3. The van der Waals surface area contributed by atoms with Crippen molar-refractivity contribution in [3.8, 4) is 0 Å². The molecule has 0 saturated carbocycles. The zero-order valence-electron chi connectivity index (χ0n) is 17.3. The van der Waals surface area contributed by atoms with Crippen LogP contribution in [-0.2, 0) is 13.0 Å². The predicted octanol–water partition coefficient (Wildman–Crippen LogP) is 2.51. The maximum Gasteiger partial charge on any atom is 0.191 e. The molecule has 0 bridgehead atoms. The Morgan fingerprint density at radius 3 is 2.86 bits per heavy atom. The maximum atomic E-state index is 4.83. The molecule has 0 amide bonds. The molecule has 6 heteroatoms. The fourth-order valence-electron chi connectivity index (χ4n) is 3.84. The summed E-state index contributed by atoms with van der Waals surface area (Å²) in [5.41, 5.74) is 1.29. The Kier molecular flexibility index (Phi) is 7.91. The summed E-state index contributed by atoms with van der Waals surface area (Å²) in [7, 11) is 0. The van der Waals surface area contributed by atoms with Crippen LogP contribution in [0.5, 0.6) is 0 Å². The van der Waals surface area contributed by atoms with Gasteiger partial charge >= 0.3 is 0 Å². The van der Waals surface area contributed by atoms with Crippen molar-refractivity contribution in [2.75, 3.05) is 32.7 Å². The molecule has 0 spiro atoms. The van der Waals surface area contributed by atoms with E-state index in [1.807, 2.05) is 6.20 Å². The molecule has 1 fully saturated rings. The lowest BCUT2D eigenvalue weighted by atomic mass is 10.2. The van der Waals surface area contributed by atoms with Gasteiger partial charge in [-0.2, -0.15) is 0 Å². The first-order valence-corrected chi connectivity index (χ1v) is 10.6. The molecule has 1 aromatic heterocycles. The molecule has 2 N–H and O–H groups in total. The van der Waals surface area contributed by atoms with Gasteiger partial charge in [-0.25, -0.2) is 4.98 Å². The summed E-state index contributed by atoms with van der Waals surface area (Å²) in [4.78, 5) is 11.9. The highest BCUT2D eigenvalue weighted by molar-refractivity contribution is 5.79. The first-order chi connectivity index (χ1) is 13.8. The number of nitrogens with one attached hydrogen (secondary N) is 2. The molecular weight excluding hydrogens is 348 g/mol. The summed E-state index contributed by atoms with van der Waals surface area (Å²) >= 11 is 0. The Labute approximate surface area is 169 Å². The minimum Gasteiger partial charge on any atom is -0.357 e. The molecule has 1 aromatic carbocycles. The molecule has 1 atom stereocenters. The number of likely N-dealkylation sites (tertiary alicyclic amines) is 1. The van der Waals surface area contributed by atoms with E-state index in [-0.39, 0.29) is 0 Å². The number of aliphatic imine (C=N–C) groups is 1. The van der Waals surface area contributed by atoms with Gasteiger partial charge in [0.2, 0.25) is 0 Å². The van der Waals surface area contributed by atoms with Crippen molar-refractivity contribution in [3.05, 3.63) is 54.1 Å². The quantitative estimate of drug-likeness (QED) is 0.517. The first kappa shape index (κ1) is 20.4. The molecule has 0 radical (unpaired) electrons. The molecule has 1 unspecified atom stereocenters. The van der Waals surface area contributed by atoms with Crippen LogP contribution in [-0.4, -0.2) is 59.2 Å². The Morgan fingerprint density at radius 1 is 1.21 bits per heavy atom. The molecule has 1 saturated heterocycles. The summed E-state index contributed by atoms with van der Waals surface area (Å²) in [6.45, 7) is 10.1. The van der Waals surface area contributed by atoms with Gasteiger partial charge in [0.05, 0.1) is 6.54 Å². The molecule has 2 heterocycles. The zero-order chi connectivity index (χ0) is 19.6. The number of rotatable bonds is 9. The van der Waals surface area contributed by atoms with Gasteiger partial charge in [-0.05, 0) is 38.4 Å². The summed E-state index contributed by atoms with van der Waals surface area (Å²) in [6, 6.07) is 11.1. The van der Waals surface area contributed by atoms with Crippen LogP contribution in [0.1, 0.15) is 38.1 Å². The van der Waals surface area contributed by atoms with Crippen LogP contribution < -0.4 is 10.6 Å². The van der Waals surface area contributed by atoms with Crippen molar-refractivity contribution < 1.29 is 0 Å². The fraction of sp³-hybridized carbons (Fsp3) is 0.545. The topological polar surface area (TPSA) is 57.5 Å². The standard InChI is InChI=1S/C22H34N6/c1-3-23-22(26-17-20-11-8-15-27(20)4-2)25-13-12-21-24-14-16-28(21)18-19-9-6-5-7-10-19/h5-7,9-10,14,16,20H,3-4,8,11-13,15,17-18H2,1-2H3,(H2,23,25,26). The van der Waals surface area contributed by atoms with Crippen LogP contribution in [0, 0.1) is 0 Å². The van der Waals surface area contributed by atoms with Gasteiger partial charge in [0.25, 0.3) is 0 Å². The van der Waals surface area contributed by atoms with Gasteiger partial charge < -0.3 is 15.2 Å². The van der Waals surface area contributed by atoms with Crippen LogP contribution in [0.3, 0.4) is 0 Å². The van der Waals surface area contributed by atoms with Crippen LogP contribution >= 0.6 is 0 Å². The number of guanidine groups is 1. The van der Waals surface area contributed by atoms with E-state index in [0.29, 0.717) is 6.04 Å². The van der Waals surface area contributed by atoms with Crippen LogP contribution in [0.15, 0.2) is 47.7 Å². The molecular formula is C22H34N6. The normalized spacial score (nSPS) is 17.8. The van der Waals surface area contributed by atoms with Crippen molar-refractivity contribution in [1.82, 2.24) is 25.1 Å². The van der Waals surface area contributed by atoms with E-state index < -0.39 is 0 Å². The third-order valence-electron chi connectivity index (χ3n) is 5.35. The van der Waals surface area contributed by atoms with Crippen molar-refractivity contribution in [3.63, 3.8) is 0 Å². The molecule has 152 valence electrons. The number of benzene rings is 1. The predicted molar refractivity (Wildman–Crippen MR) is 116 cm³/mol. The van der Waals surface area contributed by atoms with E-state index in [1.54, 1.807) is 0 Å². The van der Waals surface area contributed by atoms with E-state index >= 15 is 0 Å². The smallest absolute Gasteiger partial charge is 0.191 e. The Bertz CT molecular complexity index is 724. The number of hydrogen-bond donors (Lipinski definition) is 2. The third-order valence-corrected chi connectivity index (χ3v) is 5.35.